The SMILES string of the molecule is COc1ccc(OC)c([C@H]2CN(C(=O)OC(C)(C)C)CCN2)c1. The summed E-state index contributed by atoms with van der Waals surface area (Å²) >= 11 is 0. The summed E-state index contributed by atoms with van der Waals surface area (Å²) in [6.07, 6.45) is -0.286. The first kappa shape index (κ1) is 17.4. The van der Waals surface area contributed by atoms with Crippen molar-refractivity contribution < 1.29 is 19.0 Å². The second-order valence-corrected chi connectivity index (χ2v) is 6.54. The van der Waals surface area contributed by atoms with Crippen LogP contribution in [0.25, 0.3) is 0 Å². The number of carbonyl (C=O) groups is 1. The molecular formula is C17H26N2O4. The molecule has 6 heteroatoms. The highest BCUT2D eigenvalue weighted by molar-refractivity contribution is 5.68. The van der Waals surface area contributed by atoms with Gasteiger partial charge in [-0.05, 0) is 39.0 Å². The lowest BCUT2D eigenvalue weighted by molar-refractivity contribution is 0.0194. The first-order valence-corrected chi connectivity index (χ1v) is 7.77. The van der Waals surface area contributed by atoms with E-state index in [0.29, 0.717) is 19.6 Å². The fourth-order valence-corrected chi connectivity index (χ4v) is 2.56. The van der Waals surface area contributed by atoms with Gasteiger partial charge in [-0.2, -0.15) is 0 Å². The van der Waals surface area contributed by atoms with Gasteiger partial charge in [0, 0.05) is 25.2 Å². The third kappa shape index (κ3) is 4.51. The number of piperazine rings is 1. The molecule has 2 rings (SSSR count). The van der Waals surface area contributed by atoms with Crippen molar-refractivity contribution in [3.8, 4) is 11.5 Å². The van der Waals surface area contributed by atoms with E-state index in [1.165, 1.54) is 0 Å². The highest BCUT2D eigenvalue weighted by Gasteiger charge is 2.29. The fraction of sp³-hybridized carbons (Fsp3) is 0.588. The molecule has 1 atom stereocenters. The Balaban J connectivity index is 2.16. The van der Waals surface area contributed by atoms with Crippen molar-refractivity contribution in [2.75, 3.05) is 33.9 Å². The summed E-state index contributed by atoms with van der Waals surface area (Å²) < 4.78 is 16.2. The third-order valence-electron chi connectivity index (χ3n) is 3.64. The number of carbonyl (C=O) groups excluding carboxylic acids is 1. The number of benzene rings is 1. The average Bonchev–Trinajstić information content (AvgIpc) is 2.52. The Hall–Kier alpha value is -1.95. The second-order valence-electron chi connectivity index (χ2n) is 6.54. The van der Waals surface area contributed by atoms with Gasteiger partial charge in [0.1, 0.15) is 17.1 Å². The van der Waals surface area contributed by atoms with Crippen molar-refractivity contribution in [3.63, 3.8) is 0 Å². The van der Waals surface area contributed by atoms with Crippen LogP contribution < -0.4 is 14.8 Å². The monoisotopic (exact) mass is 322 g/mol. The Kier molecular flexibility index (Phi) is 5.36. The highest BCUT2D eigenvalue weighted by Crippen LogP contribution is 2.31. The minimum Gasteiger partial charge on any atom is -0.497 e. The molecule has 1 aromatic rings. The van der Waals surface area contributed by atoms with E-state index in [9.17, 15) is 4.79 Å². The predicted octanol–water partition coefficient (Wildman–Crippen LogP) is 2.59. The molecule has 1 fully saturated rings. The zero-order valence-electron chi connectivity index (χ0n) is 14.5. The lowest BCUT2D eigenvalue weighted by Crippen LogP contribution is -2.49. The molecular weight excluding hydrogens is 296 g/mol. The number of ether oxygens (including phenoxy) is 3. The van der Waals surface area contributed by atoms with Gasteiger partial charge in [-0.1, -0.05) is 0 Å². The van der Waals surface area contributed by atoms with Gasteiger partial charge in [0.2, 0.25) is 0 Å². The van der Waals surface area contributed by atoms with E-state index in [-0.39, 0.29) is 12.1 Å². The summed E-state index contributed by atoms with van der Waals surface area (Å²) in [5, 5.41) is 3.42. The van der Waals surface area contributed by atoms with Crippen molar-refractivity contribution in [2.24, 2.45) is 0 Å². The summed E-state index contributed by atoms with van der Waals surface area (Å²) in [5.74, 6) is 1.53. The van der Waals surface area contributed by atoms with Crippen LogP contribution in [0, 0.1) is 0 Å². The average molecular weight is 322 g/mol. The maximum absolute atomic E-state index is 12.3. The number of amides is 1. The molecule has 23 heavy (non-hydrogen) atoms. The van der Waals surface area contributed by atoms with Gasteiger partial charge in [0.25, 0.3) is 0 Å². The van der Waals surface area contributed by atoms with E-state index in [0.717, 1.165) is 17.1 Å². The van der Waals surface area contributed by atoms with Crippen LogP contribution in [0.1, 0.15) is 32.4 Å². The van der Waals surface area contributed by atoms with Crippen molar-refractivity contribution in [2.45, 2.75) is 32.4 Å². The van der Waals surface area contributed by atoms with Crippen LogP contribution in [-0.2, 0) is 4.74 Å². The van der Waals surface area contributed by atoms with E-state index in [2.05, 4.69) is 5.32 Å². The van der Waals surface area contributed by atoms with Crippen LogP contribution in [0.4, 0.5) is 4.79 Å². The Labute approximate surface area is 137 Å². The van der Waals surface area contributed by atoms with Gasteiger partial charge in [0.15, 0.2) is 0 Å². The molecule has 1 N–H and O–H groups in total. The van der Waals surface area contributed by atoms with Gasteiger partial charge < -0.3 is 24.4 Å². The van der Waals surface area contributed by atoms with E-state index >= 15 is 0 Å². The summed E-state index contributed by atoms with van der Waals surface area (Å²) in [4.78, 5) is 14.0. The highest BCUT2D eigenvalue weighted by atomic mass is 16.6. The Morgan fingerprint density at radius 1 is 1.26 bits per heavy atom. The van der Waals surface area contributed by atoms with E-state index in [4.69, 9.17) is 14.2 Å². The van der Waals surface area contributed by atoms with Crippen LogP contribution in [0.5, 0.6) is 11.5 Å². The van der Waals surface area contributed by atoms with Gasteiger partial charge in [-0.15, -0.1) is 0 Å². The normalized spacial score (nSPS) is 18.5. The maximum Gasteiger partial charge on any atom is 0.410 e. The van der Waals surface area contributed by atoms with E-state index in [1.54, 1.807) is 19.1 Å². The first-order valence-electron chi connectivity index (χ1n) is 7.77. The molecule has 1 aliphatic heterocycles. The smallest absolute Gasteiger partial charge is 0.410 e. The van der Waals surface area contributed by atoms with Crippen molar-refractivity contribution in [1.82, 2.24) is 10.2 Å². The van der Waals surface area contributed by atoms with Crippen LogP contribution in [0.15, 0.2) is 18.2 Å². The number of hydrogen-bond acceptors (Lipinski definition) is 5. The van der Waals surface area contributed by atoms with Crippen molar-refractivity contribution in [3.05, 3.63) is 23.8 Å². The lowest BCUT2D eigenvalue weighted by atomic mass is 10.0. The largest absolute Gasteiger partial charge is 0.497 e. The van der Waals surface area contributed by atoms with Gasteiger partial charge in [-0.25, -0.2) is 4.79 Å². The Morgan fingerprint density at radius 3 is 2.61 bits per heavy atom. The summed E-state index contributed by atoms with van der Waals surface area (Å²) in [6.45, 7) is 7.46. The summed E-state index contributed by atoms with van der Waals surface area (Å²) in [5.41, 5.74) is 0.477. The number of nitrogens with zero attached hydrogens (tertiary/aromatic N) is 1. The zero-order valence-corrected chi connectivity index (χ0v) is 14.5. The number of methoxy groups -OCH3 is 2. The molecule has 0 aliphatic carbocycles. The molecule has 128 valence electrons. The molecule has 0 radical (unpaired) electrons. The molecule has 0 unspecified atom stereocenters. The van der Waals surface area contributed by atoms with E-state index < -0.39 is 5.60 Å². The number of nitrogens with one attached hydrogen (secondary N) is 1. The quantitative estimate of drug-likeness (QED) is 0.927. The molecule has 1 aromatic carbocycles. The third-order valence-corrected chi connectivity index (χ3v) is 3.64. The molecule has 1 saturated heterocycles. The Morgan fingerprint density at radius 2 is 2.00 bits per heavy atom. The van der Waals surface area contributed by atoms with Crippen LogP contribution in [0.2, 0.25) is 0 Å². The zero-order chi connectivity index (χ0) is 17.0. The fourth-order valence-electron chi connectivity index (χ4n) is 2.56. The first-order chi connectivity index (χ1) is 10.8. The van der Waals surface area contributed by atoms with Crippen LogP contribution >= 0.6 is 0 Å². The summed E-state index contributed by atoms with van der Waals surface area (Å²) in [6, 6.07) is 5.65. The lowest BCUT2D eigenvalue weighted by Gasteiger charge is -2.35. The van der Waals surface area contributed by atoms with Gasteiger partial charge in [-0.3, -0.25) is 0 Å². The molecule has 0 aromatic heterocycles. The van der Waals surface area contributed by atoms with Crippen LogP contribution in [-0.4, -0.2) is 50.4 Å². The van der Waals surface area contributed by atoms with Crippen LogP contribution in [0.3, 0.4) is 0 Å². The molecule has 1 aliphatic rings. The molecule has 1 heterocycles. The molecule has 6 nitrogen and oxygen atoms in total. The number of hydrogen-bond donors (Lipinski definition) is 1. The van der Waals surface area contributed by atoms with E-state index in [1.807, 2.05) is 39.0 Å². The molecule has 0 bridgehead atoms. The topological polar surface area (TPSA) is 60.0 Å². The second kappa shape index (κ2) is 7.08. The maximum atomic E-state index is 12.3. The standard InChI is InChI=1S/C17H26N2O4/c1-17(2,3)23-16(20)19-9-8-18-14(11-19)13-10-12(21-4)6-7-15(13)22-5/h6-7,10,14,18H,8-9,11H2,1-5H3/t14-/m1/s1. The predicted molar refractivity (Wildman–Crippen MR) is 88.1 cm³/mol. The van der Waals surface area contributed by atoms with Gasteiger partial charge in [0.05, 0.1) is 20.3 Å². The minimum atomic E-state index is -0.495. The van der Waals surface area contributed by atoms with Crippen molar-refractivity contribution in [1.29, 1.82) is 0 Å². The Bertz CT molecular complexity index is 554. The minimum absolute atomic E-state index is 0.0266. The van der Waals surface area contributed by atoms with Crippen molar-refractivity contribution >= 4 is 6.09 Å². The summed E-state index contributed by atoms with van der Waals surface area (Å²) in [7, 11) is 3.27. The molecule has 0 saturated carbocycles. The molecule has 0 spiro atoms. The number of rotatable bonds is 3. The molecule has 1 amide bonds. The van der Waals surface area contributed by atoms with Gasteiger partial charge >= 0.3 is 6.09 Å².